The lowest BCUT2D eigenvalue weighted by molar-refractivity contribution is 0.0364. The van der Waals surface area contributed by atoms with Gasteiger partial charge < -0.3 is 10.1 Å². The number of nitrogens with one attached hydrogen (secondary N) is 1. The van der Waals surface area contributed by atoms with Crippen molar-refractivity contribution in [2.75, 3.05) is 13.2 Å². The van der Waals surface area contributed by atoms with Crippen LogP contribution in [0.4, 0.5) is 4.39 Å². The summed E-state index contributed by atoms with van der Waals surface area (Å²) in [5.74, 6) is 0.424. The molecule has 3 heteroatoms. The molecule has 0 aliphatic carbocycles. The average molecular weight is 251 g/mol. The van der Waals surface area contributed by atoms with Crippen molar-refractivity contribution in [3.05, 3.63) is 35.6 Å². The van der Waals surface area contributed by atoms with Crippen LogP contribution < -0.4 is 5.32 Å². The minimum Gasteiger partial charge on any atom is -0.381 e. The van der Waals surface area contributed by atoms with Gasteiger partial charge in [0.05, 0.1) is 6.61 Å². The Morgan fingerprint density at radius 3 is 2.94 bits per heavy atom. The fourth-order valence-electron chi connectivity index (χ4n) is 2.55. The van der Waals surface area contributed by atoms with E-state index in [2.05, 4.69) is 19.2 Å². The summed E-state index contributed by atoms with van der Waals surface area (Å²) in [7, 11) is 0. The highest BCUT2D eigenvalue weighted by molar-refractivity contribution is 5.18. The zero-order chi connectivity index (χ0) is 13.0. The number of hydrogen-bond donors (Lipinski definition) is 1. The Bertz CT molecular complexity index is 383. The zero-order valence-corrected chi connectivity index (χ0v) is 11.2. The monoisotopic (exact) mass is 251 g/mol. The van der Waals surface area contributed by atoms with Gasteiger partial charge in [0, 0.05) is 18.7 Å². The summed E-state index contributed by atoms with van der Waals surface area (Å²) in [4.78, 5) is 0. The normalized spacial score (nSPS) is 25.9. The summed E-state index contributed by atoms with van der Waals surface area (Å²) < 4.78 is 19.0. The first-order valence-corrected chi connectivity index (χ1v) is 6.74. The van der Waals surface area contributed by atoms with Gasteiger partial charge in [-0.1, -0.05) is 25.1 Å². The Balaban J connectivity index is 1.88. The largest absolute Gasteiger partial charge is 0.381 e. The van der Waals surface area contributed by atoms with E-state index in [9.17, 15) is 4.39 Å². The minimum atomic E-state index is -0.105. The molecule has 0 radical (unpaired) electrons. The van der Waals surface area contributed by atoms with Crippen LogP contribution in [0.25, 0.3) is 0 Å². The molecule has 1 aliphatic heterocycles. The van der Waals surface area contributed by atoms with E-state index in [1.54, 1.807) is 6.07 Å². The molecule has 1 aromatic carbocycles. The Labute approximate surface area is 109 Å². The predicted octanol–water partition coefficient (Wildman–Crippen LogP) is 2.77. The van der Waals surface area contributed by atoms with Gasteiger partial charge in [-0.05, 0) is 37.3 Å². The standard InChI is InChI=1S/C15H22FNO/c1-11-10-18-8-7-15(11)17-12(2)9-13-5-3-4-6-14(13)16/h3-6,11-12,15,17H,7-10H2,1-2H3. The van der Waals surface area contributed by atoms with Gasteiger partial charge in [-0.3, -0.25) is 0 Å². The molecule has 100 valence electrons. The van der Waals surface area contributed by atoms with Crippen molar-refractivity contribution >= 4 is 0 Å². The van der Waals surface area contributed by atoms with Gasteiger partial charge in [-0.15, -0.1) is 0 Å². The van der Waals surface area contributed by atoms with E-state index in [4.69, 9.17) is 4.74 Å². The van der Waals surface area contributed by atoms with E-state index in [1.807, 2.05) is 12.1 Å². The molecule has 1 aliphatic rings. The second-order valence-electron chi connectivity index (χ2n) is 5.31. The Morgan fingerprint density at radius 2 is 2.22 bits per heavy atom. The van der Waals surface area contributed by atoms with Crippen LogP contribution in [0.1, 0.15) is 25.8 Å². The Kier molecular flexibility index (Phi) is 4.72. The van der Waals surface area contributed by atoms with Crippen LogP contribution in [-0.4, -0.2) is 25.3 Å². The van der Waals surface area contributed by atoms with Crippen LogP contribution in [0, 0.1) is 11.7 Å². The van der Waals surface area contributed by atoms with E-state index in [0.717, 1.165) is 31.6 Å². The van der Waals surface area contributed by atoms with Crippen molar-refractivity contribution in [3.63, 3.8) is 0 Å². The summed E-state index contributed by atoms with van der Waals surface area (Å²) in [6.45, 7) is 5.97. The molecule has 0 amide bonds. The molecule has 3 unspecified atom stereocenters. The highest BCUT2D eigenvalue weighted by Crippen LogP contribution is 2.16. The van der Waals surface area contributed by atoms with Crippen LogP contribution in [0.3, 0.4) is 0 Å². The van der Waals surface area contributed by atoms with Crippen molar-refractivity contribution in [2.45, 2.75) is 38.8 Å². The van der Waals surface area contributed by atoms with Gasteiger partial charge in [0.25, 0.3) is 0 Å². The molecule has 0 bridgehead atoms. The van der Waals surface area contributed by atoms with Crippen LogP contribution in [0.5, 0.6) is 0 Å². The van der Waals surface area contributed by atoms with Gasteiger partial charge >= 0.3 is 0 Å². The zero-order valence-electron chi connectivity index (χ0n) is 11.2. The molecule has 0 spiro atoms. The quantitative estimate of drug-likeness (QED) is 0.888. The SMILES string of the molecule is CC(Cc1ccccc1F)NC1CCOCC1C. The summed E-state index contributed by atoms with van der Waals surface area (Å²) in [6, 6.07) is 7.78. The summed E-state index contributed by atoms with van der Waals surface area (Å²) >= 11 is 0. The van der Waals surface area contributed by atoms with E-state index >= 15 is 0 Å². The molecule has 1 fully saturated rings. The van der Waals surface area contributed by atoms with Crippen molar-refractivity contribution in [3.8, 4) is 0 Å². The van der Waals surface area contributed by atoms with Crippen molar-refractivity contribution in [1.82, 2.24) is 5.32 Å². The second-order valence-corrected chi connectivity index (χ2v) is 5.31. The number of hydrogen-bond acceptors (Lipinski definition) is 2. The maximum absolute atomic E-state index is 13.6. The van der Waals surface area contributed by atoms with E-state index in [-0.39, 0.29) is 11.9 Å². The molecular weight excluding hydrogens is 229 g/mol. The van der Waals surface area contributed by atoms with Gasteiger partial charge in [0.1, 0.15) is 5.82 Å². The van der Waals surface area contributed by atoms with Gasteiger partial charge in [-0.25, -0.2) is 4.39 Å². The summed E-state index contributed by atoms with van der Waals surface area (Å²) in [5, 5.41) is 3.60. The van der Waals surface area contributed by atoms with Crippen LogP contribution in [0.2, 0.25) is 0 Å². The number of ether oxygens (including phenoxy) is 1. The third-order valence-corrected chi connectivity index (χ3v) is 3.62. The van der Waals surface area contributed by atoms with Crippen molar-refractivity contribution in [2.24, 2.45) is 5.92 Å². The van der Waals surface area contributed by atoms with Crippen LogP contribution >= 0.6 is 0 Å². The van der Waals surface area contributed by atoms with Gasteiger partial charge in [-0.2, -0.15) is 0 Å². The molecular formula is C15H22FNO. The smallest absolute Gasteiger partial charge is 0.126 e. The number of halogens is 1. The molecule has 1 aromatic rings. The topological polar surface area (TPSA) is 21.3 Å². The fourth-order valence-corrected chi connectivity index (χ4v) is 2.55. The van der Waals surface area contributed by atoms with E-state index < -0.39 is 0 Å². The molecule has 0 aromatic heterocycles. The molecule has 2 nitrogen and oxygen atoms in total. The summed E-state index contributed by atoms with van der Waals surface area (Å²) in [5.41, 5.74) is 0.789. The highest BCUT2D eigenvalue weighted by Gasteiger charge is 2.23. The van der Waals surface area contributed by atoms with Crippen LogP contribution in [0.15, 0.2) is 24.3 Å². The molecule has 1 saturated heterocycles. The van der Waals surface area contributed by atoms with Crippen molar-refractivity contribution < 1.29 is 9.13 Å². The number of benzene rings is 1. The average Bonchev–Trinajstić information content (AvgIpc) is 2.35. The third kappa shape index (κ3) is 3.53. The maximum Gasteiger partial charge on any atom is 0.126 e. The van der Waals surface area contributed by atoms with Crippen molar-refractivity contribution in [1.29, 1.82) is 0 Å². The lowest BCUT2D eigenvalue weighted by atomic mass is 9.96. The fraction of sp³-hybridized carbons (Fsp3) is 0.600. The molecule has 1 N–H and O–H groups in total. The molecule has 2 rings (SSSR count). The van der Waals surface area contributed by atoms with Crippen LogP contribution in [-0.2, 0) is 11.2 Å². The first-order chi connectivity index (χ1) is 8.66. The maximum atomic E-state index is 13.6. The molecule has 3 atom stereocenters. The predicted molar refractivity (Wildman–Crippen MR) is 71.1 cm³/mol. The molecule has 0 saturated carbocycles. The Morgan fingerprint density at radius 1 is 1.44 bits per heavy atom. The first-order valence-electron chi connectivity index (χ1n) is 6.74. The van der Waals surface area contributed by atoms with Gasteiger partial charge in [0.2, 0.25) is 0 Å². The Hall–Kier alpha value is -0.930. The third-order valence-electron chi connectivity index (χ3n) is 3.62. The number of rotatable bonds is 4. The highest BCUT2D eigenvalue weighted by atomic mass is 19.1. The van der Waals surface area contributed by atoms with E-state index in [1.165, 1.54) is 6.07 Å². The second kappa shape index (κ2) is 6.30. The summed E-state index contributed by atoms with van der Waals surface area (Å²) in [6.07, 6.45) is 1.78. The van der Waals surface area contributed by atoms with E-state index in [0.29, 0.717) is 12.0 Å². The lowest BCUT2D eigenvalue weighted by Crippen LogP contribution is -2.46. The molecule has 18 heavy (non-hydrogen) atoms. The van der Waals surface area contributed by atoms with Gasteiger partial charge in [0.15, 0.2) is 0 Å². The first kappa shape index (κ1) is 13.5. The molecule has 1 heterocycles. The minimum absolute atomic E-state index is 0.105. The lowest BCUT2D eigenvalue weighted by Gasteiger charge is -2.32.